The molecule has 1 unspecified atom stereocenters. The summed E-state index contributed by atoms with van der Waals surface area (Å²) in [5, 5.41) is 9.13. The highest BCUT2D eigenvalue weighted by atomic mass is 16.5. The van der Waals surface area contributed by atoms with E-state index in [1.54, 1.807) is 32.0 Å². The van der Waals surface area contributed by atoms with Crippen LogP contribution in [0.5, 0.6) is 0 Å². The molecule has 0 spiro atoms. The van der Waals surface area contributed by atoms with Crippen molar-refractivity contribution >= 4 is 23.7 Å². The van der Waals surface area contributed by atoms with Gasteiger partial charge in [0.15, 0.2) is 11.5 Å². The number of esters is 2. The van der Waals surface area contributed by atoms with Crippen LogP contribution in [0.1, 0.15) is 62.5 Å². The fourth-order valence-electron chi connectivity index (χ4n) is 3.41. The number of aromatic nitrogens is 2. The highest BCUT2D eigenvalue weighted by Gasteiger charge is 2.37. The highest BCUT2D eigenvalue weighted by Crippen LogP contribution is 2.34. The van der Waals surface area contributed by atoms with Crippen LogP contribution >= 0.6 is 0 Å². The number of carboxylic acids is 1. The van der Waals surface area contributed by atoms with Gasteiger partial charge < -0.3 is 19.1 Å². The van der Waals surface area contributed by atoms with Crippen molar-refractivity contribution in [1.29, 1.82) is 0 Å². The van der Waals surface area contributed by atoms with E-state index in [1.165, 1.54) is 10.8 Å². The fourth-order valence-corrected chi connectivity index (χ4v) is 3.41. The SMILES string of the molecule is CCOC(=O)c1cn(C2Cc3c(CC(=O)O)cccc3C2=O)c(C(=O)OCC)n1. The maximum Gasteiger partial charge on any atom is 0.374 e. The first-order chi connectivity index (χ1) is 13.9. The Labute approximate surface area is 166 Å². The summed E-state index contributed by atoms with van der Waals surface area (Å²) < 4.78 is 11.3. The van der Waals surface area contributed by atoms with Crippen LogP contribution in [-0.4, -0.2) is 51.6 Å². The molecule has 1 aliphatic rings. The number of carbonyl (C=O) groups excluding carboxylic acids is 3. The van der Waals surface area contributed by atoms with E-state index in [9.17, 15) is 19.2 Å². The zero-order chi connectivity index (χ0) is 21.1. The zero-order valence-electron chi connectivity index (χ0n) is 16.0. The number of rotatable bonds is 7. The van der Waals surface area contributed by atoms with Crippen LogP contribution in [0.2, 0.25) is 0 Å². The van der Waals surface area contributed by atoms with Crippen molar-refractivity contribution in [2.24, 2.45) is 0 Å². The number of benzene rings is 1. The third-order valence-electron chi connectivity index (χ3n) is 4.59. The van der Waals surface area contributed by atoms with Gasteiger partial charge in [0, 0.05) is 18.2 Å². The van der Waals surface area contributed by atoms with E-state index in [0.717, 1.165) is 0 Å². The summed E-state index contributed by atoms with van der Waals surface area (Å²) in [4.78, 5) is 52.6. The van der Waals surface area contributed by atoms with E-state index in [4.69, 9.17) is 14.6 Å². The van der Waals surface area contributed by atoms with Gasteiger partial charge in [0.25, 0.3) is 0 Å². The number of hydrogen-bond acceptors (Lipinski definition) is 7. The first kappa shape index (κ1) is 20.2. The molecule has 1 atom stereocenters. The summed E-state index contributed by atoms with van der Waals surface area (Å²) >= 11 is 0. The molecule has 9 heteroatoms. The van der Waals surface area contributed by atoms with Crippen LogP contribution in [0, 0.1) is 0 Å². The van der Waals surface area contributed by atoms with E-state index in [-0.39, 0.29) is 43.4 Å². The van der Waals surface area contributed by atoms with E-state index < -0.39 is 23.9 Å². The van der Waals surface area contributed by atoms with Crippen molar-refractivity contribution in [3.05, 3.63) is 52.6 Å². The van der Waals surface area contributed by atoms with Gasteiger partial charge in [-0.15, -0.1) is 0 Å². The second kappa shape index (κ2) is 8.26. The third-order valence-corrected chi connectivity index (χ3v) is 4.59. The Morgan fingerprint density at radius 1 is 1.17 bits per heavy atom. The van der Waals surface area contributed by atoms with Gasteiger partial charge in [-0.1, -0.05) is 18.2 Å². The lowest BCUT2D eigenvalue weighted by molar-refractivity contribution is -0.136. The van der Waals surface area contributed by atoms with E-state index in [1.807, 2.05) is 0 Å². The van der Waals surface area contributed by atoms with Crippen molar-refractivity contribution in [3.63, 3.8) is 0 Å². The number of ether oxygens (including phenoxy) is 2. The number of carbonyl (C=O) groups is 4. The van der Waals surface area contributed by atoms with Crippen LogP contribution in [0.25, 0.3) is 0 Å². The number of nitrogens with zero attached hydrogens (tertiary/aromatic N) is 2. The molecule has 0 bridgehead atoms. The van der Waals surface area contributed by atoms with Gasteiger partial charge in [-0.25, -0.2) is 14.6 Å². The van der Waals surface area contributed by atoms with E-state index in [2.05, 4.69) is 4.98 Å². The highest BCUT2D eigenvalue weighted by molar-refractivity contribution is 6.04. The summed E-state index contributed by atoms with van der Waals surface area (Å²) in [5.41, 5.74) is 1.44. The largest absolute Gasteiger partial charge is 0.481 e. The first-order valence-electron chi connectivity index (χ1n) is 9.17. The van der Waals surface area contributed by atoms with Gasteiger partial charge in [-0.2, -0.15) is 0 Å². The molecule has 3 rings (SSSR count). The smallest absolute Gasteiger partial charge is 0.374 e. The second-order valence-electron chi connectivity index (χ2n) is 6.40. The standard InChI is InChI=1S/C20H20N2O7/c1-3-28-19(26)14-10-22(18(21-14)20(27)29-4-2)15-9-13-11(8-16(23)24)6-5-7-12(13)17(15)25/h5-7,10,15H,3-4,8-9H2,1-2H3,(H,23,24). The Morgan fingerprint density at radius 2 is 1.86 bits per heavy atom. The number of aliphatic carboxylic acids is 1. The van der Waals surface area contributed by atoms with Crippen LogP contribution in [0.3, 0.4) is 0 Å². The maximum absolute atomic E-state index is 13.0. The number of ketones is 1. The van der Waals surface area contributed by atoms with Gasteiger partial charge in [0.05, 0.1) is 19.6 Å². The van der Waals surface area contributed by atoms with Crippen molar-refractivity contribution < 1.29 is 33.8 Å². The van der Waals surface area contributed by atoms with Gasteiger partial charge in [-0.3, -0.25) is 9.59 Å². The average molecular weight is 400 g/mol. The number of fused-ring (bicyclic) bond motifs is 1. The molecule has 2 aromatic rings. The lowest BCUT2D eigenvalue weighted by atomic mass is 10.0. The first-order valence-corrected chi connectivity index (χ1v) is 9.17. The Bertz CT molecular complexity index is 993. The molecule has 0 saturated heterocycles. The summed E-state index contributed by atoms with van der Waals surface area (Å²) in [5.74, 6) is -2.95. The molecule has 1 heterocycles. The van der Waals surface area contributed by atoms with Crippen molar-refractivity contribution in [1.82, 2.24) is 9.55 Å². The summed E-state index contributed by atoms with van der Waals surface area (Å²) in [7, 11) is 0. The predicted octanol–water partition coefficient (Wildman–Crippen LogP) is 1.84. The lowest BCUT2D eigenvalue weighted by Crippen LogP contribution is -2.21. The van der Waals surface area contributed by atoms with Gasteiger partial charge >= 0.3 is 17.9 Å². The molecule has 0 aliphatic heterocycles. The Morgan fingerprint density at radius 3 is 2.52 bits per heavy atom. The fraction of sp³-hybridized carbons (Fsp3) is 0.350. The quantitative estimate of drug-likeness (QED) is 0.698. The van der Waals surface area contributed by atoms with Crippen LogP contribution in [0.15, 0.2) is 24.4 Å². The summed E-state index contributed by atoms with van der Waals surface area (Å²) in [6.07, 6.45) is 1.27. The van der Waals surface area contributed by atoms with E-state index >= 15 is 0 Å². The maximum atomic E-state index is 13.0. The number of hydrogen-bond donors (Lipinski definition) is 1. The molecule has 0 amide bonds. The van der Waals surface area contributed by atoms with E-state index in [0.29, 0.717) is 16.7 Å². The molecule has 1 aromatic carbocycles. The molecule has 1 aliphatic carbocycles. The number of carboxylic acid groups (broad SMARTS) is 1. The molecule has 9 nitrogen and oxygen atoms in total. The summed E-state index contributed by atoms with van der Waals surface area (Å²) in [6.45, 7) is 3.50. The molecule has 0 radical (unpaired) electrons. The van der Waals surface area contributed by atoms with Crippen molar-refractivity contribution in [2.75, 3.05) is 13.2 Å². The van der Waals surface area contributed by atoms with Crippen LogP contribution < -0.4 is 0 Å². The van der Waals surface area contributed by atoms with Crippen molar-refractivity contribution in [3.8, 4) is 0 Å². The average Bonchev–Trinajstić information content (AvgIpc) is 3.24. The normalized spacial score (nSPS) is 15.1. The predicted molar refractivity (Wildman–Crippen MR) is 99.0 cm³/mol. The minimum absolute atomic E-state index is 0.0992. The van der Waals surface area contributed by atoms with Gasteiger partial charge in [0.1, 0.15) is 6.04 Å². The zero-order valence-corrected chi connectivity index (χ0v) is 16.0. The minimum Gasteiger partial charge on any atom is -0.481 e. The molecular weight excluding hydrogens is 380 g/mol. The third kappa shape index (κ3) is 3.89. The lowest BCUT2D eigenvalue weighted by Gasteiger charge is -2.13. The minimum atomic E-state index is -1.01. The molecule has 1 N–H and O–H groups in total. The Kier molecular flexibility index (Phi) is 5.76. The van der Waals surface area contributed by atoms with Gasteiger partial charge in [0.2, 0.25) is 5.82 Å². The van der Waals surface area contributed by atoms with Crippen LogP contribution in [-0.2, 0) is 27.1 Å². The molecule has 0 fully saturated rings. The molecule has 0 saturated carbocycles. The van der Waals surface area contributed by atoms with Gasteiger partial charge in [-0.05, 0) is 25.0 Å². The topological polar surface area (TPSA) is 125 Å². The number of imidazole rings is 1. The van der Waals surface area contributed by atoms with Crippen LogP contribution in [0.4, 0.5) is 0 Å². The number of Topliss-reactive ketones (excluding diaryl/α,β-unsaturated/α-hetero) is 1. The Balaban J connectivity index is 2.03. The molecule has 1 aromatic heterocycles. The monoisotopic (exact) mass is 400 g/mol. The molecule has 152 valence electrons. The molecule has 29 heavy (non-hydrogen) atoms. The summed E-state index contributed by atoms with van der Waals surface area (Å²) in [6, 6.07) is 4.07. The second-order valence-corrected chi connectivity index (χ2v) is 6.40. The van der Waals surface area contributed by atoms with Crippen molar-refractivity contribution in [2.45, 2.75) is 32.7 Å². The Hall–Kier alpha value is -3.49. The molecular formula is C20H20N2O7.